The van der Waals surface area contributed by atoms with Crippen LogP contribution in [0.1, 0.15) is 27.2 Å². The summed E-state index contributed by atoms with van der Waals surface area (Å²) in [5.41, 5.74) is 0.406. The van der Waals surface area contributed by atoms with Gasteiger partial charge in [-0.05, 0) is 29.0 Å². The predicted octanol–water partition coefficient (Wildman–Crippen LogP) is -0.633. The number of carbonyl (C=O) groups is 1. The Hall–Kier alpha value is -2.10. The van der Waals surface area contributed by atoms with Gasteiger partial charge in [-0.2, -0.15) is 10.3 Å². The Labute approximate surface area is 176 Å². The SMILES string of the molecule is CCC1N(O)c2ccc3cc2[N+]1(O)N3C1(C(=O)C(C)C)C=CC=CN1CCO.[Cl-]. The number of aliphatic hydroxyl groups excluding tert-OH is 1. The van der Waals surface area contributed by atoms with Crippen molar-refractivity contribution >= 4 is 22.8 Å². The first-order chi connectivity index (χ1) is 13.3. The summed E-state index contributed by atoms with van der Waals surface area (Å²) in [6, 6.07) is 5.37. The molecule has 0 saturated heterocycles. The van der Waals surface area contributed by atoms with E-state index in [0.717, 1.165) is 5.06 Å². The normalized spacial score (nSPS) is 29.1. The number of nitrogens with zero attached hydrogens (tertiary/aromatic N) is 4. The van der Waals surface area contributed by atoms with E-state index in [9.17, 15) is 20.3 Å². The summed E-state index contributed by atoms with van der Waals surface area (Å²) in [4.78, 5) is 15.4. The molecule has 0 amide bonds. The number of quaternary nitrogens is 1. The highest BCUT2D eigenvalue weighted by Crippen LogP contribution is 2.56. The molecule has 0 saturated carbocycles. The molecule has 0 aromatic heterocycles. The third kappa shape index (κ3) is 2.57. The molecule has 3 atom stereocenters. The van der Waals surface area contributed by atoms with Crippen molar-refractivity contribution in [2.75, 3.05) is 23.2 Å². The standard InChI is InChI=1S/C20H27N4O4.ClH/c1-4-18-22(27)16-8-7-15-13-17(16)24(18,28)23(15)20(19(26)14(2)3)9-5-6-10-21(20)11-12-25;/h5-10,13-14,18,25,27-28H,4,11-12H2,1-3H3;1H/q+1;/p-1. The van der Waals surface area contributed by atoms with Crippen molar-refractivity contribution in [3.8, 4) is 0 Å². The van der Waals surface area contributed by atoms with Gasteiger partial charge < -0.3 is 22.4 Å². The molecular formula is C20H27ClN4O4. The second-order valence-electron chi connectivity index (χ2n) is 7.73. The van der Waals surface area contributed by atoms with Gasteiger partial charge in [-0.1, -0.05) is 26.8 Å². The van der Waals surface area contributed by atoms with E-state index >= 15 is 0 Å². The lowest BCUT2D eigenvalue weighted by Crippen LogP contribution is -3.00. The van der Waals surface area contributed by atoms with Crippen LogP contribution < -0.4 is 27.2 Å². The van der Waals surface area contributed by atoms with Gasteiger partial charge in [0.1, 0.15) is 11.4 Å². The largest absolute Gasteiger partial charge is 1.00 e. The number of ketones is 1. The molecule has 3 heterocycles. The highest BCUT2D eigenvalue weighted by Gasteiger charge is 2.67. The number of fused-ring (bicyclic) bond motifs is 1. The van der Waals surface area contributed by atoms with Gasteiger partial charge >= 0.3 is 0 Å². The fraction of sp³-hybridized carbons (Fsp3) is 0.450. The minimum atomic E-state index is -1.34. The third-order valence-corrected chi connectivity index (χ3v) is 5.87. The lowest BCUT2D eigenvalue weighted by Gasteiger charge is -2.51. The molecule has 1 aromatic rings. The molecule has 158 valence electrons. The van der Waals surface area contributed by atoms with Gasteiger partial charge in [0.15, 0.2) is 5.78 Å². The number of anilines is 2. The summed E-state index contributed by atoms with van der Waals surface area (Å²) < 4.78 is -0.705. The molecule has 0 fully saturated rings. The molecule has 3 unspecified atom stereocenters. The number of allylic oxidation sites excluding steroid dienone is 2. The summed E-state index contributed by atoms with van der Waals surface area (Å²) in [7, 11) is 0. The van der Waals surface area contributed by atoms with Gasteiger partial charge in [0.25, 0.3) is 0 Å². The molecule has 3 aliphatic rings. The van der Waals surface area contributed by atoms with Crippen LogP contribution in [0.15, 0.2) is 42.6 Å². The lowest BCUT2D eigenvalue weighted by atomic mass is 9.90. The summed E-state index contributed by atoms with van der Waals surface area (Å²) in [6.07, 6.45) is 6.89. The number of benzene rings is 1. The van der Waals surface area contributed by atoms with Crippen LogP contribution in [-0.2, 0) is 4.79 Å². The van der Waals surface area contributed by atoms with Crippen molar-refractivity contribution in [3.05, 3.63) is 42.6 Å². The number of halogens is 1. The van der Waals surface area contributed by atoms with Crippen LogP contribution in [-0.4, -0.2) is 51.2 Å². The van der Waals surface area contributed by atoms with E-state index in [0.29, 0.717) is 23.5 Å². The van der Waals surface area contributed by atoms with Crippen molar-refractivity contribution in [1.82, 2.24) is 9.66 Å². The average molecular weight is 423 g/mol. The van der Waals surface area contributed by atoms with Crippen LogP contribution >= 0.6 is 0 Å². The van der Waals surface area contributed by atoms with Gasteiger partial charge in [0.05, 0.1) is 6.61 Å². The highest BCUT2D eigenvalue weighted by molar-refractivity contribution is 5.98. The Kier molecular flexibility index (Phi) is 5.44. The molecule has 0 aliphatic carbocycles. The topological polar surface area (TPSA) is 87.5 Å². The van der Waals surface area contributed by atoms with Crippen molar-refractivity contribution in [2.24, 2.45) is 5.92 Å². The quantitative estimate of drug-likeness (QED) is 0.526. The Morgan fingerprint density at radius 1 is 1.31 bits per heavy atom. The first-order valence-corrected chi connectivity index (χ1v) is 9.66. The number of hydrogen-bond acceptors (Lipinski definition) is 7. The molecule has 0 spiro atoms. The first kappa shape index (κ1) is 21.6. The van der Waals surface area contributed by atoms with Crippen molar-refractivity contribution in [1.29, 1.82) is 0 Å². The zero-order valence-electron chi connectivity index (χ0n) is 16.7. The number of β-amino-alcohol motifs (C(OH)–C–C–N with tert-alkyl or cyclic N) is 1. The van der Waals surface area contributed by atoms with Crippen molar-refractivity contribution < 1.29 is 32.7 Å². The minimum absolute atomic E-state index is 0. The zero-order chi connectivity index (χ0) is 20.3. The average Bonchev–Trinajstić information content (AvgIpc) is 3.03. The molecule has 4 rings (SSSR count). The maximum absolute atomic E-state index is 13.7. The van der Waals surface area contributed by atoms with E-state index in [1.807, 2.05) is 26.8 Å². The molecule has 3 N–H and O–H groups in total. The Bertz CT molecular complexity index is 876. The van der Waals surface area contributed by atoms with Crippen LogP contribution in [0.3, 0.4) is 0 Å². The van der Waals surface area contributed by atoms with Crippen LogP contribution in [0.4, 0.5) is 17.1 Å². The van der Waals surface area contributed by atoms with E-state index in [4.69, 9.17) is 0 Å². The minimum Gasteiger partial charge on any atom is -1.00 e. The maximum Gasteiger partial charge on any atom is 0.246 e. The maximum atomic E-state index is 13.7. The fourth-order valence-electron chi connectivity index (χ4n) is 4.70. The number of carbonyl (C=O) groups excluding carboxylic acids is 1. The van der Waals surface area contributed by atoms with E-state index in [2.05, 4.69) is 0 Å². The highest BCUT2D eigenvalue weighted by atomic mass is 35.5. The summed E-state index contributed by atoms with van der Waals surface area (Å²) >= 11 is 0. The van der Waals surface area contributed by atoms with Gasteiger partial charge in [-0.15, -0.1) is 5.01 Å². The number of rotatable bonds is 6. The van der Waals surface area contributed by atoms with Gasteiger partial charge in [0.2, 0.25) is 17.5 Å². The smallest absolute Gasteiger partial charge is 0.246 e. The van der Waals surface area contributed by atoms with Crippen molar-refractivity contribution in [3.63, 3.8) is 0 Å². The van der Waals surface area contributed by atoms with Crippen molar-refractivity contribution in [2.45, 2.75) is 39.0 Å². The van der Waals surface area contributed by atoms with Crippen LogP contribution in [0.5, 0.6) is 0 Å². The number of hydroxylamine groups is 2. The van der Waals surface area contributed by atoms with Gasteiger partial charge in [0, 0.05) is 31.1 Å². The molecule has 9 heteroatoms. The fourth-order valence-corrected chi connectivity index (χ4v) is 4.70. The first-order valence-electron chi connectivity index (χ1n) is 9.66. The van der Waals surface area contributed by atoms with Gasteiger partial charge in [-0.3, -0.25) is 10.0 Å². The second-order valence-corrected chi connectivity index (χ2v) is 7.73. The van der Waals surface area contributed by atoms with E-state index in [1.54, 1.807) is 46.5 Å². The zero-order valence-corrected chi connectivity index (χ0v) is 17.5. The number of aliphatic hydroxyl groups is 1. The predicted molar refractivity (Wildman–Crippen MR) is 105 cm³/mol. The lowest BCUT2D eigenvalue weighted by molar-refractivity contribution is -0.162. The molecular weight excluding hydrogens is 396 g/mol. The van der Waals surface area contributed by atoms with Crippen LogP contribution in [0, 0.1) is 5.92 Å². The monoisotopic (exact) mass is 422 g/mol. The molecule has 2 bridgehead atoms. The van der Waals surface area contributed by atoms with Gasteiger partial charge in [-0.25, -0.2) is 0 Å². The Morgan fingerprint density at radius 3 is 2.66 bits per heavy atom. The second kappa shape index (κ2) is 7.30. The number of Topliss-reactive ketones (excluding diaryl/α,β-unsaturated/α-hetero) is 1. The molecule has 1 aromatic carbocycles. The van der Waals surface area contributed by atoms with Crippen LogP contribution in [0.2, 0.25) is 0 Å². The third-order valence-electron chi connectivity index (χ3n) is 5.87. The Morgan fingerprint density at radius 2 is 2.03 bits per heavy atom. The number of hydrogen-bond donors (Lipinski definition) is 3. The molecule has 29 heavy (non-hydrogen) atoms. The summed E-state index contributed by atoms with van der Waals surface area (Å²) in [5.74, 6) is -0.432. The van der Waals surface area contributed by atoms with E-state index in [1.165, 1.54) is 0 Å². The molecule has 8 nitrogen and oxygen atoms in total. The summed E-state index contributed by atoms with van der Waals surface area (Å²) in [6.45, 7) is 5.61. The Balaban J connectivity index is 0.00000240. The van der Waals surface area contributed by atoms with E-state index < -0.39 is 16.6 Å². The van der Waals surface area contributed by atoms with Crippen LogP contribution in [0.25, 0.3) is 0 Å². The van der Waals surface area contributed by atoms with E-state index in [-0.39, 0.29) is 37.3 Å². The molecule has 3 aliphatic heterocycles. The summed E-state index contributed by atoms with van der Waals surface area (Å²) in [5, 5.41) is 35.0. The molecule has 0 radical (unpaired) electrons.